The van der Waals surface area contributed by atoms with Crippen LogP contribution in [0.5, 0.6) is 0 Å². The largest absolute Gasteiger partial charge is 0.314 e. The summed E-state index contributed by atoms with van der Waals surface area (Å²) >= 11 is 0. The summed E-state index contributed by atoms with van der Waals surface area (Å²) in [6.45, 7) is 18.4. The molecule has 0 spiro atoms. The number of piperazine rings is 1. The van der Waals surface area contributed by atoms with Crippen molar-refractivity contribution in [2.45, 2.75) is 90.3 Å². The summed E-state index contributed by atoms with van der Waals surface area (Å²) < 4.78 is 0. The summed E-state index contributed by atoms with van der Waals surface area (Å²) in [7, 11) is 2.29. The predicted molar refractivity (Wildman–Crippen MR) is 134 cm³/mol. The SMILES string of the molecule is CC1CC(N(C)CCN2CCNCC2)C1.CCC1CC(CN2CCCCC2)CC(C)N1. The third-order valence-corrected chi connectivity index (χ3v) is 8.23. The van der Waals surface area contributed by atoms with Crippen molar-refractivity contribution in [2.75, 3.05) is 66.0 Å². The lowest BCUT2D eigenvalue weighted by molar-refractivity contribution is 0.0956. The van der Waals surface area contributed by atoms with E-state index < -0.39 is 0 Å². The van der Waals surface area contributed by atoms with Crippen LogP contribution in [0.15, 0.2) is 0 Å². The lowest BCUT2D eigenvalue weighted by Crippen LogP contribution is -2.48. The molecule has 3 saturated heterocycles. The van der Waals surface area contributed by atoms with Gasteiger partial charge >= 0.3 is 0 Å². The third kappa shape index (κ3) is 8.92. The molecule has 1 saturated carbocycles. The van der Waals surface area contributed by atoms with E-state index in [-0.39, 0.29) is 0 Å². The first-order chi connectivity index (χ1) is 15.0. The quantitative estimate of drug-likeness (QED) is 0.642. The van der Waals surface area contributed by atoms with Crippen LogP contribution in [0.2, 0.25) is 0 Å². The fourth-order valence-electron chi connectivity index (χ4n) is 6.11. The molecule has 3 unspecified atom stereocenters. The second-order valence-corrected chi connectivity index (χ2v) is 11.2. The second-order valence-electron chi connectivity index (χ2n) is 11.2. The number of likely N-dealkylation sites (N-methyl/N-ethyl adjacent to an activating group) is 1. The van der Waals surface area contributed by atoms with E-state index >= 15 is 0 Å². The van der Waals surface area contributed by atoms with E-state index in [2.05, 4.69) is 53.2 Å². The molecule has 0 aromatic rings. The molecular weight excluding hydrogens is 382 g/mol. The standard InChI is InChI=1S/C14H28N2.C12H25N3/c1-3-14-10-13(9-12(2)15-14)11-16-7-5-4-6-8-16;1-11-9-12(10-11)14(2)7-8-15-5-3-13-4-6-15/h12-15H,3-11H2,1-2H3;11-13H,3-10H2,1-2H3. The highest BCUT2D eigenvalue weighted by molar-refractivity contribution is 4.85. The maximum atomic E-state index is 3.71. The Morgan fingerprint density at radius 2 is 1.58 bits per heavy atom. The van der Waals surface area contributed by atoms with Crippen LogP contribution in [0, 0.1) is 11.8 Å². The molecule has 4 rings (SSSR count). The molecule has 3 atom stereocenters. The van der Waals surface area contributed by atoms with E-state index in [4.69, 9.17) is 0 Å². The Hall–Kier alpha value is -0.200. The van der Waals surface area contributed by atoms with Gasteiger partial charge in [-0.15, -0.1) is 0 Å². The maximum Gasteiger partial charge on any atom is 0.0110 e. The van der Waals surface area contributed by atoms with Crippen molar-refractivity contribution in [1.82, 2.24) is 25.3 Å². The van der Waals surface area contributed by atoms with Gasteiger partial charge in [-0.2, -0.15) is 0 Å². The number of hydrogen-bond acceptors (Lipinski definition) is 5. The van der Waals surface area contributed by atoms with Crippen molar-refractivity contribution in [3.8, 4) is 0 Å². The molecule has 1 aliphatic carbocycles. The molecular formula is C26H53N5. The fourth-order valence-corrected chi connectivity index (χ4v) is 6.11. The van der Waals surface area contributed by atoms with Crippen molar-refractivity contribution in [2.24, 2.45) is 11.8 Å². The van der Waals surface area contributed by atoms with E-state index in [1.165, 1.54) is 110 Å². The van der Waals surface area contributed by atoms with Gasteiger partial charge in [-0.25, -0.2) is 0 Å². The van der Waals surface area contributed by atoms with Crippen molar-refractivity contribution in [1.29, 1.82) is 0 Å². The lowest BCUT2D eigenvalue weighted by Gasteiger charge is -2.40. The number of piperidine rings is 2. The number of rotatable bonds is 7. The zero-order chi connectivity index (χ0) is 22.1. The van der Waals surface area contributed by atoms with Crippen LogP contribution in [0.25, 0.3) is 0 Å². The van der Waals surface area contributed by atoms with E-state index in [1.807, 2.05) is 0 Å². The zero-order valence-electron chi connectivity index (χ0n) is 21.2. The average Bonchev–Trinajstić information content (AvgIpc) is 2.77. The van der Waals surface area contributed by atoms with Gasteiger partial charge < -0.3 is 20.4 Å². The molecule has 0 amide bonds. The Balaban J connectivity index is 0.000000176. The zero-order valence-corrected chi connectivity index (χ0v) is 21.2. The van der Waals surface area contributed by atoms with Crippen molar-refractivity contribution < 1.29 is 0 Å². The van der Waals surface area contributed by atoms with Crippen molar-refractivity contribution in [3.05, 3.63) is 0 Å². The molecule has 31 heavy (non-hydrogen) atoms. The van der Waals surface area contributed by atoms with Gasteiger partial charge in [0.2, 0.25) is 0 Å². The predicted octanol–water partition coefficient (Wildman–Crippen LogP) is 3.26. The number of nitrogens with one attached hydrogen (secondary N) is 2. The second kappa shape index (κ2) is 13.5. The molecule has 0 aromatic heterocycles. The summed E-state index contributed by atoms with van der Waals surface area (Å²) in [6.07, 6.45) is 11.2. The summed E-state index contributed by atoms with van der Waals surface area (Å²) in [5.41, 5.74) is 0. The number of likely N-dealkylation sites (tertiary alicyclic amines) is 1. The first-order valence-electron chi connectivity index (χ1n) is 13.6. The Bertz CT molecular complexity index is 468. The van der Waals surface area contributed by atoms with Gasteiger partial charge in [-0.05, 0) is 83.8 Å². The fraction of sp³-hybridized carbons (Fsp3) is 1.00. The van der Waals surface area contributed by atoms with Crippen LogP contribution >= 0.6 is 0 Å². The Morgan fingerprint density at radius 3 is 2.23 bits per heavy atom. The topological polar surface area (TPSA) is 33.8 Å². The first-order valence-corrected chi connectivity index (χ1v) is 13.6. The van der Waals surface area contributed by atoms with Crippen LogP contribution in [-0.4, -0.2) is 98.8 Å². The van der Waals surface area contributed by atoms with Gasteiger partial charge in [0.05, 0.1) is 0 Å². The lowest BCUT2D eigenvalue weighted by atomic mass is 9.81. The minimum absolute atomic E-state index is 0.730. The molecule has 182 valence electrons. The van der Waals surface area contributed by atoms with Crippen LogP contribution < -0.4 is 10.6 Å². The third-order valence-electron chi connectivity index (χ3n) is 8.23. The molecule has 4 aliphatic rings. The monoisotopic (exact) mass is 435 g/mol. The molecule has 3 aliphatic heterocycles. The first kappa shape index (κ1) is 25.4. The van der Waals surface area contributed by atoms with Gasteiger partial charge in [-0.3, -0.25) is 4.90 Å². The van der Waals surface area contributed by atoms with Crippen LogP contribution in [0.1, 0.15) is 72.1 Å². The molecule has 3 heterocycles. The molecule has 5 nitrogen and oxygen atoms in total. The van der Waals surface area contributed by atoms with E-state index in [1.54, 1.807) is 0 Å². The van der Waals surface area contributed by atoms with Gasteiger partial charge in [0.1, 0.15) is 0 Å². The molecule has 0 bridgehead atoms. The van der Waals surface area contributed by atoms with Crippen molar-refractivity contribution in [3.63, 3.8) is 0 Å². The maximum absolute atomic E-state index is 3.71. The summed E-state index contributed by atoms with van der Waals surface area (Å²) in [5.74, 6) is 1.91. The minimum atomic E-state index is 0.730. The van der Waals surface area contributed by atoms with Gasteiger partial charge in [0.25, 0.3) is 0 Å². The van der Waals surface area contributed by atoms with Gasteiger partial charge in [-0.1, -0.05) is 20.3 Å². The van der Waals surface area contributed by atoms with Crippen LogP contribution in [0.4, 0.5) is 0 Å². The Kier molecular flexibility index (Phi) is 11.1. The van der Waals surface area contributed by atoms with Crippen molar-refractivity contribution >= 4 is 0 Å². The highest BCUT2D eigenvalue weighted by atomic mass is 15.2. The molecule has 0 aromatic carbocycles. The van der Waals surface area contributed by atoms with Gasteiger partial charge in [0, 0.05) is 63.9 Å². The molecule has 2 N–H and O–H groups in total. The smallest absolute Gasteiger partial charge is 0.0110 e. The van der Waals surface area contributed by atoms with E-state index in [0.717, 1.165) is 30.0 Å². The minimum Gasteiger partial charge on any atom is -0.314 e. The van der Waals surface area contributed by atoms with Gasteiger partial charge in [0.15, 0.2) is 0 Å². The molecule has 4 fully saturated rings. The summed E-state index contributed by atoms with van der Waals surface area (Å²) in [4.78, 5) is 7.84. The number of nitrogens with zero attached hydrogens (tertiary/aromatic N) is 3. The number of hydrogen-bond donors (Lipinski definition) is 2. The van der Waals surface area contributed by atoms with E-state index in [0.29, 0.717) is 0 Å². The van der Waals surface area contributed by atoms with Crippen LogP contribution in [0.3, 0.4) is 0 Å². The molecule has 5 heteroatoms. The summed E-state index contributed by atoms with van der Waals surface area (Å²) in [5, 5.41) is 7.11. The highest BCUT2D eigenvalue weighted by Crippen LogP contribution is 2.30. The summed E-state index contributed by atoms with van der Waals surface area (Å²) in [6, 6.07) is 2.38. The van der Waals surface area contributed by atoms with E-state index in [9.17, 15) is 0 Å². The highest BCUT2D eigenvalue weighted by Gasteiger charge is 2.29. The van der Waals surface area contributed by atoms with Crippen LogP contribution in [-0.2, 0) is 0 Å². The normalized spacial score (nSPS) is 35.3. The molecule has 0 radical (unpaired) electrons. The Labute approximate surface area is 193 Å². The Morgan fingerprint density at radius 1 is 0.871 bits per heavy atom. The average molecular weight is 436 g/mol.